The Morgan fingerprint density at radius 3 is 2.27 bits per heavy atom. The molecule has 0 heterocycles. The summed E-state index contributed by atoms with van der Waals surface area (Å²) in [5.41, 5.74) is 1.39. The number of hydrogen-bond donors (Lipinski definition) is 0. The van der Waals surface area contributed by atoms with Crippen molar-refractivity contribution in [2.45, 2.75) is 39.0 Å². The molecule has 1 atom stereocenters. The van der Waals surface area contributed by atoms with Gasteiger partial charge < -0.3 is 0 Å². The summed E-state index contributed by atoms with van der Waals surface area (Å²) in [6.45, 7) is 4.55. The fraction of sp³-hybridized carbons (Fsp3) is 0.571. The average Bonchev–Trinajstić information content (AvgIpc) is 2.25. The molecule has 1 rings (SSSR count). The van der Waals surface area contributed by atoms with Gasteiger partial charge in [0.1, 0.15) is 0 Å². The van der Waals surface area contributed by atoms with Crippen molar-refractivity contribution < 1.29 is 0 Å². The predicted molar refractivity (Wildman–Crippen MR) is 68.6 cm³/mol. The molecule has 1 heteroatoms. The van der Waals surface area contributed by atoms with Crippen LogP contribution in [-0.2, 0) is 0 Å². The minimum atomic E-state index is 0.534. The van der Waals surface area contributed by atoms with Crippen molar-refractivity contribution in [1.82, 2.24) is 0 Å². The fourth-order valence-corrected chi connectivity index (χ4v) is 2.16. The maximum atomic E-state index is 6.02. The van der Waals surface area contributed by atoms with Crippen molar-refractivity contribution in [2.24, 2.45) is 5.92 Å². The lowest BCUT2D eigenvalue weighted by Crippen LogP contribution is -2.01. The lowest BCUT2D eigenvalue weighted by atomic mass is 9.93. The molecule has 0 N–H and O–H groups in total. The van der Waals surface area contributed by atoms with Gasteiger partial charge in [-0.25, -0.2) is 0 Å². The third-order valence-corrected chi connectivity index (χ3v) is 3.16. The first-order chi connectivity index (χ1) is 7.24. The van der Waals surface area contributed by atoms with Crippen LogP contribution in [0.25, 0.3) is 0 Å². The molecule has 0 aliphatic carbocycles. The van der Waals surface area contributed by atoms with Crippen molar-refractivity contribution in [1.29, 1.82) is 0 Å². The van der Waals surface area contributed by atoms with E-state index in [4.69, 9.17) is 11.6 Å². The topological polar surface area (TPSA) is 0 Å². The quantitative estimate of drug-likeness (QED) is 0.607. The maximum Gasteiger partial charge on any atom is 0.0292 e. The van der Waals surface area contributed by atoms with Crippen LogP contribution in [0.2, 0.25) is 0 Å². The van der Waals surface area contributed by atoms with E-state index < -0.39 is 0 Å². The molecule has 0 saturated heterocycles. The largest absolute Gasteiger partial charge is 0.126 e. The standard InChI is InChI=1S/C14H21Cl/c1-12(2)7-6-10-14(11-15)13-8-4-3-5-9-13/h3-5,8-9,12,14H,6-7,10-11H2,1-2H3. The minimum Gasteiger partial charge on any atom is -0.126 e. The molecule has 15 heavy (non-hydrogen) atoms. The van der Waals surface area contributed by atoms with Crippen LogP contribution in [-0.4, -0.2) is 5.88 Å². The summed E-state index contributed by atoms with van der Waals surface area (Å²) < 4.78 is 0. The fourth-order valence-electron chi connectivity index (χ4n) is 1.83. The van der Waals surface area contributed by atoms with Crippen molar-refractivity contribution in [3.8, 4) is 0 Å². The number of halogens is 1. The minimum absolute atomic E-state index is 0.534. The first-order valence-corrected chi connectivity index (χ1v) is 6.38. The molecular formula is C14H21Cl. The van der Waals surface area contributed by atoms with Gasteiger partial charge in [-0.05, 0) is 23.8 Å². The molecule has 0 aliphatic heterocycles. The molecule has 0 bridgehead atoms. The van der Waals surface area contributed by atoms with Crippen LogP contribution in [0.1, 0.15) is 44.6 Å². The SMILES string of the molecule is CC(C)CCCC(CCl)c1ccccc1. The molecule has 0 nitrogen and oxygen atoms in total. The van der Waals surface area contributed by atoms with Crippen molar-refractivity contribution in [3.63, 3.8) is 0 Å². The Balaban J connectivity index is 2.43. The van der Waals surface area contributed by atoms with Gasteiger partial charge in [-0.15, -0.1) is 11.6 Å². The van der Waals surface area contributed by atoms with Gasteiger partial charge in [-0.3, -0.25) is 0 Å². The monoisotopic (exact) mass is 224 g/mol. The molecule has 0 saturated carbocycles. The molecule has 0 aliphatic rings. The highest BCUT2D eigenvalue weighted by atomic mass is 35.5. The molecular weight excluding hydrogens is 204 g/mol. The third kappa shape index (κ3) is 4.70. The Morgan fingerprint density at radius 1 is 1.07 bits per heavy atom. The van der Waals surface area contributed by atoms with Crippen molar-refractivity contribution in [2.75, 3.05) is 5.88 Å². The van der Waals surface area contributed by atoms with Gasteiger partial charge >= 0.3 is 0 Å². The summed E-state index contributed by atoms with van der Waals surface area (Å²) in [7, 11) is 0. The summed E-state index contributed by atoms with van der Waals surface area (Å²) in [6.07, 6.45) is 3.80. The van der Waals surface area contributed by atoms with Crippen LogP contribution in [0.3, 0.4) is 0 Å². The zero-order chi connectivity index (χ0) is 11.1. The summed E-state index contributed by atoms with van der Waals surface area (Å²) >= 11 is 6.02. The van der Waals surface area contributed by atoms with Gasteiger partial charge in [0.15, 0.2) is 0 Å². The van der Waals surface area contributed by atoms with E-state index in [0.717, 1.165) is 11.8 Å². The van der Waals surface area contributed by atoms with Gasteiger partial charge in [0.25, 0.3) is 0 Å². The van der Waals surface area contributed by atoms with Crippen LogP contribution in [0.15, 0.2) is 30.3 Å². The Kier molecular flexibility index (Phi) is 5.78. The van der Waals surface area contributed by atoms with E-state index in [1.807, 2.05) is 0 Å². The first-order valence-electron chi connectivity index (χ1n) is 5.85. The number of benzene rings is 1. The van der Waals surface area contributed by atoms with E-state index in [1.165, 1.54) is 24.8 Å². The lowest BCUT2D eigenvalue weighted by molar-refractivity contribution is 0.514. The normalized spacial score (nSPS) is 13.1. The second kappa shape index (κ2) is 6.90. The molecule has 84 valence electrons. The molecule has 0 spiro atoms. The van der Waals surface area contributed by atoms with Crippen LogP contribution < -0.4 is 0 Å². The van der Waals surface area contributed by atoms with E-state index in [2.05, 4.69) is 44.2 Å². The van der Waals surface area contributed by atoms with Gasteiger partial charge in [0.2, 0.25) is 0 Å². The van der Waals surface area contributed by atoms with Gasteiger partial charge in [0.05, 0.1) is 0 Å². The highest BCUT2D eigenvalue weighted by molar-refractivity contribution is 6.18. The van der Waals surface area contributed by atoms with Gasteiger partial charge in [0, 0.05) is 5.88 Å². The number of alkyl halides is 1. The zero-order valence-electron chi connectivity index (χ0n) is 9.75. The predicted octanol–water partition coefficient (Wildman–Crippen LogP) is 4.84. The van der Waals surface area contributed by atoms with E-state index in [1.54, 1.807) is 0 Å². The molecule has 1 aromatic rings. The number of rotatable bonds is 6. The molecule has 0 radical (unpaired) electrons. The van der Waals surface area contributed by atoms with Crippen LogP contribution in [0.4, 0.5) is 0 Å². The number of hydrogen-bond acceptors (Lipinski definition) is 0. The highest BCUT2D eigenvalue weighted by Gasteiger charge is 2.09. The smallest absolute Gasteiger partial charge is 0.0292 e. The van der Waals surface area contributed by atoms with Crippen LogP contribution in [0.5, 0.6) is 0 Å². The first kappa shape index (κ1) is 12.6. The summed E-state index contributed by atoms with van der Waals surface area (Å²) in [6, 6.07) is 10.6. The molecule has 1 unspecified atom stereocenters. The highest BCUT2D eigenvalue weighted by Crippen LogP contribution is 2.24. The van der Waals surface area contributed by atoms with Crippen molar-refractivity contribution >= 4 is 11.6 Å². The maximum absolute atomic E-state index is 6.02. The summed E-state index contributed by atoms with van der Waals surface area (Å²) in [5.74, 6) is 2.07. The Labute approximate surface area is 98.7 Å². The second-order valence-electron chi connectivity index (χ2n) is 4.59. The lowest BCUT2D eigenvalue weighted by Gasteiger charge is -2.14. The van der Waals surface area contributed by atoms with E-state index in [0.29, 0.717) is 5.92 Å². The average molecular weight is 225 g/mol. The summed E-state index contributed by atoms with van der Waals surface area (Å²) in [4.78, 5) is 0. The second-order valence-corrected chi connectivity index (χ2v) is 4.90. The van der Waals surface area contributed by atoms with E-state index >= 15 is 0 Å². The van der Waals surface area contributed by atoms with Crippen molar-refractivity contribution in [3.05, 3.63) is 35.9 Å². The Hall–Kier alpha value is -0.490. The Morgan fingerprint density at radius 2 is 1.73 bits per heavy atom. The van der Waals surface area contributed by atoms with Gasteiger partial charge in [-0.1, -0.05) is 57.0 Å². The molecule has 0 fully saturated rings. The van der Waals surface area contributed by atoms with Crippen LogP contribution >= 0.6 is 11.6 Å². The van der Waals surface area contributed by atoms with E-state index in [9.17, 15) is 0 Å². The third-order valence-electron chi connectivity index (χ3n) is 2.79. The molecule has 0 amide bonds. The Bertz CT molecular complexity index is 253. The van der Waals surface area contributed by atoms with Crippen LogP contribution in [0, 0.1) is 5.92 Å². The van der Waals surface area contributed by atoms with Gasteiger partial charge in [-0.2, -0.15) is 0 Å². The molecule has 1 aromatic carbocycles. The zero-order valence-corrected chi connectivity index (χ0v) is 10.5. The summed E-state index contributed by atoms with van der Waals surface area (Å²) in [5, 5.41) is 0. The van der Waals surface area contributed by atoms with E-state index in [-0.39, 0.29) is 0 Å². The molecule has 0 aromatic heterocycles.